The van der Waals surface area contributed by atoms with Crippen molar-refractivity contribution in [2.75, 3.05) is 0 Å². The van der Waals surface area contributed by atoms with Crippen LogP contribution in [0.2, 0.25) is 0 Å². The van der Waals surface area contributed by atoms with Gasteiger partial charge in [0.1, 0.15) is 5.41 Å². The van der Waals surface area contributed by atoms with E-state index in [1.54, 1.807) is 0 Å². The van der Waals surface area contributed by atoms with E-state index in [4.69, 9.17) is 10.5 Å². The summed E-state index contributed by atoms with van der Waals surface area (Å²) in [7, 11) is 0. The molecule has 0 unspecified atom stereocenters. The van der Waals surface area contributed by atoms with Crippen molar-refractivity contribution in [2.24, 2.45) is 5.41 Å². The molecular formula is C11H8F10N2. The first-order valence-electron chi connectivity index (χ1n) is 5.75. The third kappa shape index (κ3) is 5.15. The lowest BCUT2D eigenvalue weighted by Gasteiger charge is -2.26. The Bertz CT molecular complexity index is 445. The maximum atomic E-state index is 12.7. The maximum Gasteiger partial charge on any atom is 0.453 e. The van der Waals surface area contributed by atoms with E-state index < -0.39 is 55.3 Å². The van der Waals surface area contributed by atoms with Crippen molar-refractivity contribution in [1.29, 1.82) is 10.5 Å². The fourth-order valence-corrected chi connectivity index (χ4v) is 1.40. The lowest BCUT2D eigenvalue weighted by molar-refractivity contribution is -0.288. The Morgan fingerprint density at radius 3 is 0.957 bits per heavy atom. The maximum absolute atomic E-state index is 12.7. The van der Waals surface area contributed by atoms with E-state index in [0.29, 0.717) is 0 Å². The van der Waals surface area contributed by atoms with Crippen LogP contribution in [0, 0.1) is 28.1 Å². The number of nitriles is 2. The molecule has 0 radical (unpaired) electrons. The Hall–Kier alpha value is -1.72. The summed E-state index contributed by atoms with van der Waals surface area (Å²) in [5.41, 5.74) is -2.82. The highest BCUT2D eigenvalue weighted by Gasteiger charge is 2.59. The third-order valence-corrected chi connectivity index (χ3v) is 2.99. The second kappa shape index (κ2) is 6.42. The molecule has 0 aromatic rings. The second-order valence-corrected chi connectivity index (χ2v) is 4.71. The second-order valence-electron chi connectivity index (χ2n) is 4.71. The molecule has 132 valence electrons. The molecule has 0 aromatic carbocycles. The van der Waals surface area contributed by atoms with E-state index in [2.05, 4.69) is 0 Å². The zero-order chi connectivity index (χ0) is 18.7. The van der Waals surface area contributed by atoms with E-state index in [1.165, 1.54) is 0 Å². The van der Waals surface area contributed by atoms with Gasteiger partial charge in [0.25, 0.3) is 0 Å². The average Bonchev–Trinajstić information content (AvgIpc) is 2.37. The van der Waals surface area contributed by atoms with Crippen molar-refractivity contribution in [3.8, 4) is 12.1 Å². The lowest BCUT2D eigenvalue weighted by Crippen LogP contribution is -2.39. The minimum Gasteiger partial charge on any atom is -0.197 e. The van der Waals surface area contributed by atoms with Crippen LogP contribution in [0.5, 0.6) is 0 Å². The van der Waals surface area contributed by atoms with Gasteiger partial charge in [-0.05, 0) is 12.8 Å². The van der Waals surface area contributed by atoms with Crippen molar-refractivity contribution in [3.05, 3.63) is 0 Å². The summed E-state index contributed by atoms with van der Waals surface area (Å²) in [6, 6.07) is 1.90. The van der Waals surface area contributed by atoms with Gasteiger partial charge in [0.2, 0.25) is 0 Å². The van der Waals surface area contributed by atoms with Gasteiger partial charge < -0.3 is 0 Å². The first kappa shape index (κ1) is 21.3. The summed E-state index contributed by atoms with van der Waals surface area (Å²) in [5.74, 6) is -10.6. The highest BCUT2D eigenvalue weighted by atomic mass is 19.4. The minimum atomic E-state index is -6.00. The predicted octanol–water partition coefficient (Wildman–Crippen LogP) is 4.98. The summed E-state index contributed by atoms with van der Waals surface area (Å²) in [6.45, 7) is 0. The Morgan fingerprint density at radius 1 is 0.522 bits per heavy atom. The topological polar surface area (TPSA) is 47.6 Å². The zero-order valence-electron chi connectivity index (χ0n) is 11.0. The molecule has 0 spiro atoms. The smallest absolute Gasteiger partial charge is 0.197 e. The molecular weight excluding hydrogens is 350 g/mol. The molecule has 0 atom stereocenters. The number of alkyl halides is 10. The van der Waals surface area contributed by atoms with Crippen molar-refractivity contribution in [2.45, 2.75) is 49.9 Å². The molecule has 0 bridgehead atoms. The molecule has 0 aliphatic rings. The number of rotatable bonds is 6. The van der Waals surface area contributed by atoms with Gasteiger partial charge in [-0.3, -0.25) is 0 Å². The van der Waals surface area contributed by atoms with Gasteiger partial charge in [-0.1, -0.05) is 0 Å². The standard InChI is InChI=1S/C11H8F10N2/c12-8(13,10(16,17)18)3-1-7(5-22,6-23)2-4-9(14,15)11(19,20)21/h1-4H2. The molecule has 0 aliphatic carbocycles. The molecule has 23 heavy (non-hydrogen) atoms. The van der Waals surface area contributed by atoms with E-state index in [9.17, 15) is 43.9 Å². The van der Waals surface area contributed by atoms with E-state index in [1.807, 2.05) is 0 Å². The summed E-state index contributed by atoms with van der Waals surface area (Å²) in [5, 5.41) is 17.3. The minimum absolute atomic E-state index is 0.951. The lowest BCUT2D eigenvalue weighted by atomic mass is 9.80. The number of nitrogens with zero attached hydrogens (tertiary/aromatic N) is 2. The number of halogens is 10. The summed E-state index contributed by atoms with van der Waals surface area (Å²) in [4.78, 5) is 0. The van der Waals surface area contributed by atoms with Gasteiger partial charge in [0, 0.05) is 12.8 Å². The predicted molar refractivity (Wildman–Crippen MR) is 54.1 cm³/mol. The zero-order valence-corrected chi connectivity index (χ0v) is 11.0. The van der Waals surface area contributed by atoms with Crippen LogP contribution in [0.3, 0.4) is 0 Å². The van der Waals surface area contributed by atoms with Gasteiger partial charge in [-0.25, -0.2) is 0 Å². The van der Waals surface area contributed by atoms with Crippen LogP contribution in [-0.2, 0) is 0 Å². The van der Waals surface area contributed by atoms with Gasteiger partial charge in [-0.15, -0.1) is 0 Å². The fraction of sp³-hybridized carbons (Fsp3) is 0.818. The van der Waals surface area contributed by atoms with Crippen molar-refractivity contribution >= 4 is 0 Å². The number of hydrogen-bond donors (Lipinski definition) is 0. The van der Waals surface area contributed by atoms with E-state index in [-0.39, 0.29) is 0 Å². The molecule has 0 aliphatic heterocycles. The van der Waals surface area contributed by atoms with E-state index >= 15 is 0 Å². The van der Waals surface area contributed by atoms with Crippen LogP contribution in [0.15, 0.2) is 0 Å². The van der Waals surface area contributed by atoms with Crippen LogP contribution in [0.1, 0.15) is 25.7 Å². The quantitative estimate of drug-likeness (QED) is 0.629. The van der Waals surface area contributed by atoms with Crippen LogP contribution in [-0.4, -0.2) is 24.2 Å². The molecule has 0 rings (SSSR count). The molecule has 0 fully saturated rings. The molecule has 0 N–H and O–H groups in total. The largest absolute Gasteiger partial charge is 0.453 e. The third-order valence-electron chi connectivity index (χ3n) is 2.99. The molecule has 12 heteroatoms. The monoisotopic (exact) mass is 358 g/mol. The molecule has 0 saturated heterocycles. The van der Waals surface area contributed by atoms with Crippen molar-refractivity contribution < 1.29 is 43.9 Å². The van der Waals surface area contributed by atoms with Gasteiger partial charge >= 0.3 is 24.2 Å². The van der Waals surface area contributed by atoms with E-state index in [0.717, 1.165) is 12.1 Å². The fourth-order valence-electron chi connectivity index (χ4n) is 1.40. The van der Waals surface area contributed by atoms with Crippen LogP contribution < -0.4 is 0 Å². The van der Waals surface area contributed by atoms with Crippen LogP contribution in [0.4, 0.5) is 43.9 Å². The molecule has 0 aromatic heterocycles. The Balaban J connectivity index is 5.13. The Kier molecular flexibility index (Phi) is 5.94. The van der Waals surface area contributed by atoms with Crippen LogP contribution >= 0.6 is 0 Å². The van der Waals surface area contributed by atoms with Crippen molar-refractivity contribution in [1.82, 2.24) is 0 Å². The molecule has 0 saturated carbocycles. The summed E-state index contributed by atoms with van der Waals surface area (Å²) < 4.78 is 123. The first-order chi connectivity index (χ1) is 10.0. The highest BCUT2D eigenvalue weighted by Crippen LogP contribution is 2.45. The van der Waals surface area contributed by atoms with Crippen molar-refractivity contribution in [3.63, 3.8) is 0 Å². The number of hydrogen-bond acceptors (Lipinski definition) is 2. The SMILES string of the molecule is N#CC(C#N)(CCC(F)(F)C(F)(F)F)CCC(F)(F)C(F)(F)F. The van der Waals surface area contributed by atoms with Gasteiger partial charge in [0.05, 0.1) is 12.1 Å². The average molecular weight is 358 g/mol. The normalized spacial score (nSPS) is 14.3. The summed E-state index contributed by atoms with van der Waals surface area (Å²) >= 11 is 0. The molecule has 2 nitrogen and oxygen atoms in total. The van der Waals surface area contributed by atoms with Gasteiger partial charge in [0.15, 0.2) is 0 Å². The van der Waals surface area contributed by atoms with Crippen LogP contribution in [0.25, 0.3) is 0 Å². The highest BCUT2D eigenvalue weighted by molar-refractivity contribution is 5.14. The Morgan fingerprint density at radius 2 is 0.783 bits per heavy atom. The van der Waals surface area contributed by atoms with Gasteiger partial charge in [-0.2, -0.15) is 54.4 Å². The molecule has 0 amide bonds. The summed E-state index contributed by atoms with van der Waals surface area (Å²) in [6.07, 6.45) is -19.2. The molecule has 0 heterocycles. The first-order valence-corrected chi connectivity index (χ1v) is 5.75. The Labute approximate surface area is 123 Å².